The van der Waals surface area contributed by atoms with Gasteiger partial charge in [-0.25, -0.2) is 0 Å². The normalized spacial score (nSPS) is 15.0. The van der Waals surface area contributed by atoms with Gasteiger partial charge in [-0.15, -0.1) is 0 Å². The summed E-state index contributed by atoms with van der Waals surface area (Å²) in [6, 6.07) is 12.5. The fourth-order valence-corrected chi connectivity index (χ4v) is 3.70. The zero-order valence-electron chi connectivity index (χ0n) is 12.0. The van der Waals surface area contributed by atoms with Gasteiger partial charge in [-0.3, -0.25) is 9.36 Å². The Bertz CT molecular complexity index is 741. The number of phenols is 1. The summed E-state index contributed by atoms with van der Waals surface area (Å²) in [6.07, 6.45) is -0.204. The van der Waals surface area contributed by atoms with E-state index < -0.39 is 19.3 Å². The topological polar surface area (TPSA) is 94.8 Å². The third-order valence-electron chi connectivity index (χ3n) is 3.52. The van der Waals surface area contributed by atoms with Crippen molar-refractivity contribution in [3.05, 3.63) is 59.7 Å². The van der Waals surface area contributed by atoms with Gasteiger partial charge in [-0.2, -0.15) is 0 Å². The van der Waals surface area contributed by atoms with E-state index in [0.717, 1.165) is 0 Å². The highest BCUT2D eigenvalue weighted by molar-refractivity contribution is 7.65. The molecule has 0 amide bonds. The molecule has 5 nitrogen and oxygen atoms in total. The molecule has 0 radical (unpaired) electrons. The Morgan fingerprint density at radius 1 is 1.18 bits per heavy atom. The molecule has 116 valence electrons. The van der Waals surface area contributed by atoms with E-state index in [2.05, 4.69) is 0 Å². The van der Waals surface area contributed by atoms with Crippen molar-refractivity contribution >= 4 is 18.6 Å². The molecule has 2 aromatic rings. The maximum atomic E-state index is 12.6. The summed E-state index contributed by atoms with van der Waals surface area (Å²) in [5, 5.41) is 18.9. The molecule has 6 heteroatoms. The number of benzene rings is 2. The zero-order valence-corrected chi connectivity index (χ0v) is 12.9. The fourth-order valence-electron chi connectivity index (χ4n) is 2.12. The van der Waals surface area contributed by atoms with Crippen LogP contribution >= 0.6 is 7.37 Å². The van der Waals surface area contributed by atoms with Crippen LogP contribution in [0.3, 0.4) is 0 Å². The number of phenolic OH excluding ortho intramolecular Hbond substituents is 1. The lowest BCUT2D eigenvalue weighted by Gasteiger charge is -2.15. The molecular formula is C16H17O5P. The lowest BCUT2D eigenvalue weighted by Crippen LogP contribution is -2.12. The summed E-state index contributed by atoms with van der Waals surface area (Å²) in [7, 11) is -3.74. The zero-order chi connectivity index (χ0) is 16.3. The largest absolute Gasteiger partial charge is 0.508 e. The van der Waals surface area contributed by atoms with Crippen molar-refractivity contribution in [1.29, 1.82) is 0 Å². The Morgan fingerprint density at radius 3 is 2.50 bits per heavy atom. The monoisotopic (exact) mass is 320 g/mol. The van der Waals surface area contributed by atoms with Gasteiger partial charge in [-0.05, 0) is 30.7 Å². The number of para-hydroxylation sites is 1. The van der Waals surface area contributed by atoms with Crippen molar-refractivity contribution in [3.8, 4) is 5.75 Å². The van der Waals surface area contributed by atoms with Crippen LogP contribution in [-0.4, -0.2) is 21.1 Å². The third-order valence-corrected chi connectivity index (χ3v) is 5.37. The SMILES string of the molecule is CC(C(=O)O)c1cccc(P(=O)(O)Cc2ccccc2O)c1. The van der Waals surface area contributed by atoms with E-state index in [-0.39, 0.29) is 17.2 Å². The third kappa shape index (κ3) is 3.56. The lowest BCUT2D eigenvalue weighted by molar-refractivity contribution is -0.138. The van der Waals surface area contributed by atoms with Gasteiger partial charge in [0.2, 0.25) is 7.37 Å². The summed E-state index contributed by atoms with van der Waals surface area (Å²) < 4.78 is 12.6. The van der Waals surface area contributed by atoms with E-state index in [1.807, 2.05) is 0 Å². The number of rotatable bonds is 5. The first kappa shape index (κ1) is 16.3. The molecule has 0 spiro atoms. The van der Waals surface area contributed by atoms with E-state index in [9.17, 15) is 19.4 Å². The number of carboxylic acids is 1. The Hall–Kier alpha value is -2.10. The van der Waals surface area contributed by atoms with Gasteiger partial charge in [0.25, 0.3) is 0 Å². The van der Waals surface area contributed by atoms with Gasteiger partial charge in [-0.1, -0.05) is 30.3 Å². The molecule has 0 aliphatic heterocycles. The Kier molecular flexibility index (Phi) is 4.69. The van der Waals surface area contributed by atoms with Crippen LogP contribution in [0.5, 0.6) is 5.75 Å². The molecule has 0 saturated carbocycles. The number of aliphatic carboxylic acids is 1. The number of aromatic hydroxyl groups is 1. The first-order chi connectivity index (χ1) is 10.3. The number of hydrogen-bond donors (Lipinski definition) is 3. The van der Waals surface area contributed by atoms with Crippen LogP contribution in [0.15, 0.2) is 48.5 Å². The second kappa shape index (κ2) is 6.34. The molecule has 2 unspecified atom stereocenters. The van der Waals surface area contributed by atoms with Gasteiger partial charge in [0.1, 0.15) is 5.75 Å². The smallest absolute Gasteiger partial charge is 0.310 e. The molecule has 22 heavy (non-hydrogen) atoms. The first-order valence-electron chi connectivity index (χ1n) is 6.73. The Morgan fingerprint density at radius 2 is 1.86 bits per heavy atom. The maximum absolute atomic E-state index is 12.6. The maximum Gasteiger partial charge on any atom is 0.310 e. The van der Waals surface area contributed by atoms with Crippen molar-refractivity contribution in [3.63, 3.8) is 0 Å². The molecule has 0 aliphatic carbocycles. The average Bonchev–Trinajstić information content (AvgIpc) is 2.48. The molecule has 2 atom stereocenters. The molecule has 0 aliphatic rings. The van der Waals surface area contributed by atoms with Crippen LogP contribution in [0.1, 0.15) is 24.0 Å². The van der Waals surface area contributed by atoms with Crippen LogP contribution in [0.2, 0.25) is 0 Å². The van der Waals surface area contributed by atoms with Crippen LogP contribution in [-0.2, 0) is 15.5 Å². The van der Waals surface area contributed by atoms with Crippen LogP contribution in [0.4, 0.5) is 0 Å². The summed E-state index contributed by atoms with van der Waals surface area (Å²) in [4.78, 5) is 21.3. The molecule has 0 heterocycles. The second-order valence-electron chi connectivity index (χ2n) is 5.14. The summed E-state index contributed by atoms with van der Waals surface area (Å²) >= 11 is 0. The van der Waals surface area contributed by atoms with Gasteiger partial charge in [0.15, 0.2) is 0 Å². The van der Waals surface area contributed by atoms with E-state index in [1.165, 1.54) is 25.1 Å². The molecule has 2 aromatic carbocycles. The predicted octanol–water partition coefficient (Wildman–Crippen LogP) is 2.68. The van der Waals surface area contributed by atoms with Crippen molar-refractivity contribution in [2.45, 2.75) is 19.0 Å². The second-order valence-corrected chi connectivity index (χ2v) is 7.38. The minimum atomic E-state index is -3.74. The number of carbonyl (C=O) groups is 1. The Balaban J connectivity index is 2.34. The average molecular weight is 320 g/mol. The summed E-state index contributed by atoms with van der Waals surface area (Å²) in [5.41, 5.74) is 0.849. The highest BCUT2D eigenvalue weighted by Gasteiger charge is 2.25. The van der Waals surface area contributed by atoms with Crippen LogP contribution < -0.4 is 5.30 Å². The van der Waals surface area contributed by atoms with Crippen LogP contribution in [0, 0.1) is 0 Å². The summed E-state index contributed by atoms with van der Waals surface area (Å²) in [5.74, 6) is -1.79. The van der Waals surface area contributed by atoms with Crippen molar-refractivity contribution in [2.24, 2.45) is 0 Å². The van der Waals surface area contributed by atoms with Gasteiger partial charge < -0.3 is 15.1 Å². The highest BCUT2D eigenvalue weighted by atomic mass is 31.2. The first-order valence-corrected chi connectivity index (χ1v) is 8.58. The molecule has 0 fully saturated rings. The van der Waals surface area contributed by atoms with Gasteiger partial charge >= 0.3 is 5.97 Å². The van der Waals surface area contributed by atoms with Crippen LogP contribution in [0.25, 0.3) is 0 Å². The fraction of sp³-hybridized carbons (Fsp3) is 0.188. The van der Waals surface area contributed by atoms with Gasteiger partial charge in [0, 0.05) is 10.9 Å². The number of carboxylic acid groups (broad SMARTS) is 1. The lowest BCUT2D eigenvalue weighted by atomic mass is 10.0. The van der Waals surface area contributed by atoms with Crippen molar-refractivity contribution in [2.75, 3.05) is 0 Å². The standard InChI is InChI=1S/C16H17O5P/c1-11(16(18)19)12-6-4-7-14(9-12)22(20,21)10-13-5-2-3-8-15(13)17/h2-9,11,17H,10H2,1H3,(H,18,19)(H,20,21). The molecule has 2 rings (SSSR count). The van der Waals surface area contributed by atoms with E-state index >= 15 is 0 Å². The number of hydrogen-bond acceptors (Lipinski definition) is 3. The van der Waals surface area contributed by atoms with E-state index in [4.69, 9.17) is 5.11 Å². The molecule has 0 saturated heterocycles. The molecule has 0 bridgehead atoms. The minimum Gasteiger partial charge on any atom is -0.508 e. The van der Waals surface area contributed by atoms with Crippen molar-refractivity contribution in [1.82, 2.24) is 0 Å². The quantitative estimate of drug-likeness (QED) is 0.736. The van der Waals surface area contributed by atoms with Crippen molar-refractivity contribution < 1.29 is 24.5 Å². The highest BCUT2D eigenvalue weighted by Crippen LogP contribution is 2.45. The molecule has 0 aromatic heterocycles. The summed E-state index contributed by atoms with van der Waals surface area (Å²) in [6.45, 7) is 1.52. The molecule has 3 N–H and O–H groups in total. The predicted molar refractivity (Wildman–Crippen MR) is 83.8 cm³/mol. The van der Waals surface area contributed by atoms with E-state index in [1.54, 1.807) is 30.3 Å². The van der Waals surface area contributed by atoms with Gasteiger partial charge in [0.05, 0.1) is 12.1 Å². The van der Waals surface area contributed by atoms with E-state index in [0.29, 0.717) is 11.1 Å². The minimum absolute atomic E-state index is 0.0353. The molecular weight excluding hydrogens is 303 g/mol. The Labute approximate surface area is 128 Å².